The second-order valence-corrected chi connectivity index (χ2v) is 11.5. The van der Waals surface area contributed by atoms with Gasteiger partial charge in [-0.15, -0.1) is 0 Å². The van der Waals surface area contributed by atoms with E-state index in [9.17, 15) is 23.6 Å². The van der Waals surface area contributed by atoms with E-state index in [1.54, 1.807) is 29.0 Å². The topological polar surface area (TPSA) is 121 Å². The molecule has 1 fully saturated rings. The fourth-order valence-corrected chi connectivity index (χ4v) is 5.95. The molecule has 0 unspecified atom stereocenters. The number of aromatic nitrogens is 3. The van der Waals surface area contributed by atoms with Crippen molar-refractivity contribution in [1.29, 1.82) is 5.26 Å². The van der Waals surface area contributed by atoms with Gasteiger partial charge in [-0.2, -0.15) is 5.26 Å². The Balaban J connectivity index is 1.93. The number of nitriles is 1. The summed E-state index contributed by atoms with van der Waals surface area (Å²) in [5.41, 5.74) is 4.41. The predicted octanol–water partition coefficient (Wildman–Crippen LogP) is 5.89. The Hall–Kier alpha value is -4.60. The maximum Gasteiger partial charge on any atom is 0.276 e. The third-order valence-corrected chi connectivity index (χ3v) is 8.36. The van der Waals surface area contributed by atoms with E-state index in [1.807, 2.05) is 19.9 Å². The van der Waals surface area contributed by atoms with Crippen LogP contribution in [0.3, 0.4) is 0 Å². The highest BCUT2D eigenvalue weighted by Crippen LogP contribution is 2.42. The van der Waals surface area contributed by atoms with Crippen LogP contribution in [0.1, 0.15) is 36.6 Å². The number of benzene rings is 1. The number of carbonyl (C=O) groups excluding carboxylic acids is 1. The van der Waals surface area contributed by atoms with E-state index < -0.39 is 45.0 Å². The number of rotatable bonds is 5. The molecule has 1 saturated heterocycles. The number of hydrogen-bond acceptors (Lipinski definition) is 7. The number of fused-ring (bicyclic) bond motifs is 1. The number of halogens is 5. The third kappa shape index (κ3) is 5.15. The molecule has 1 aromatic carbocycles. The normalized spacial score (nSPS) is 13.4. The summed E-state index contributed by atoms with van der Waals surface area (Å²) in [6, 6.07) is 5.07. The van der Waals surface area contributed by atoms with E-state index in [0.717, 1.165) is 0 Å². The first-order valence-corrected chi connectivity index (χ1v) is 14.5. The SMILES string of the molecule is C=CC(=O)N1CCN(c2c(C#N)c(=O)n(-c3c(C)ccnc3C(C)C)c3nc(-c4c(N)c(F)c(F)c(Cl)c4F)c(Cl)cc23)CC1. The van der Waals surface area contributed by atoms with Crippen molar-refractivity contribution >= 4 is 51.5 Å². The van der Waals surface area contributed by atoms with Crippen LogP contribution in [0.5, 0.6) is 0 Å². The number of pyridine rings is 3. The lowest BCUT2D eigenvalue weighted by molar-refractivity contribution is -0.126. The molecule has 0 radical (unpaired) electrons. The number of hydrogen-bond donors (Lipinski definition) is 1. The fraction of sp³-hybridized carbons (Fsp3) is 0.258. The van der Waals surface area contributed by atoms with Crippen LogP contribution < -0.4 is 16.2 Å². The molecular formula is C31H26Cl2F3N7O2. The monoisotopic (exact) mass is 655 g/mol. The smallest absolute Gasteiger partial charge is 0.276 e. The molecule has 5 rings (SSSR count). The number of nitrogens with zero attached hydrogens (tertiary/aromatic N) is 6. The second-order valence-electron chi connectivity index (χ2n) is 10.7. The minimum Gasteiger partial charge on any atom is -0.396 e. The lowest BCUT2D eigenvalue weighted by Crippen LogP contribution is -2.49. The Labute approximate surface area is 265 Å². The molecular weight excluding hydrogens is 630 g/mol. The molecule has 0 aliphatic carbocycles. The van der Waals surface area contributed by atoms with E-state index in [2.05, 4.69) is 16.5 Å². The summed E-state index contributed by atoms with van der Waals surface area (Å²) < 4.78 is 45.6. The van der Waals surface area contributed by atoms with Gasteiger partial charge in [0.1, 0.15) is 22.3 Å². The van der Waals surface area contributed by atoms with E-state index in [4.69, 9.17) is 28.9 Å². The molecule has 0 spiro atoms. The van der Waals surface area contributed by atoms with Gasteiger partial charge in [-0.3, -0.25) is 19.1 Å². The summed E-state index contributed by atoms with van der Waals surface area (Å²) in [4.78, 5) is 38.9. The molecule has 3 aromatic heterocycles. The van der Waals surface area contributed by atoms with Crippen LogP contribution in [-0.4, -0.2) is 51.5 Å². The molecule has 14 heteroatoms. The first-order chi connectivity index (χ1) is 21.3. The standard InChI is InChI=1S/C31H26Cl2F3N7O2/c1-5-19(44)41-8-10-42(11-9-41)29-16-12-18(32)27(20-22(34)21(33)23(35)24(36)25(20)38)40-30(16)43(31(45)17(29)13-37)28-15(4)6-7-39-26(28)14(2)3/h5-7,12,14H,1,8-11,38H2,2-4H3. The number of anilines is 2. The van der Waals surface area contributed by atoms with Gasteiger partial charge in [0.15, 0.2) is 17.5 Å². The van der Waals surface area contributed by atoms with Crippen molar-refractivity contribution in [3.8, 4) is 23.0 Å². The zero-order chi connectivity index (χ0) is 32.9. The first kappa shape index (κ1) is 31.8. The Kier molecular flexibility index (Phi) is 8.53. The van der Waals surface area contributed by atoms with E-state index in [-0.39, 0.29) is 65.3 Å². The number of piperazine rings is 1. The molecule has 0 atom stereocenters. The van der Waals surface area contributed by atoms with Crippen LogP contribution in [0, 0.1) is 35.7 Å². The molecule has 2 N–H and O–H groups in total. The van der Waals surface area contributed by atoms with Crippen molar-refractivity contribution in [3.63, 3.8) is 0 Å². The fourth-order valence-electron chi connectivity index (χ4n) is 5.52. The van der Waals surface area contributed by atoms with E-state index >= 15 is 4.39 Å². The number of aryl methyl sites for hydroxylation is 1. The molecule has 1 aliphatic rings. The van der Waals surface area contributed by atoms with Gasteiger partial charge in [0.2, 0.25) is 5.91 Å². The molecule has 1 amide bonds. The summed E-state index contributed by atoms with van der Waals surface area (Å²) in [5, 5.41) is 9.20. The van der Waals surface area contributed by atoms with Gasteiger partial charge in [0, 0.05) is 37.8 Å². The van der Waals surface area contributed by atoms with Gasteiger partial charge in [-0.05, 0) is 36.6 Å². The average Bonchev–Trinajstić information content (AvgIpc) is 3.02. The van der Waals surface area contributed by atoms with Crippen molar-refractivity contribution in [2.24, 2.45) is 0 Å². The third-order valence-electron chi connectivity index (χ3n) is 7.74. The molecule has 232 valence electrons. The molecule has 0 saturated carbocycles. The maximum absolute atomic E-state index is 15.4. The average molecular weight is 656 g/mol. The number of carbonyl (C=O) groups is 1. The van der Waals surface area contributed by atoms with Gasteiger partial charge in [-0.1, -0.05) is 43.6 Å². The minimum atomic E-state index is -1.67. The Morgan fingerprint density at radius 2 is 1.80 bits per heavy atom. The van der Waals surface area contributed by atoms with Crippen LogP contribution in [0.15, 0.2) is 35.8 Å². The van der Waals surface area contributed by atoms with Gasteiger partial charge < -0.3 is 15.5 Å². The van der Waals surface area contributed by atoms with Crippen LogP contribution in [0.25, 0.3) is 28.0 Å². The lowest BCUT2D eigenvalue weighted by atomic mass is 10.0. The highest BCUT2D eigenvalue weighted by atomic mass is 35.5. The molecule has 1 aliphatic heterocycles. The Morgan fingerprint density at radius 3 is 2.40 bits per heavy atom. The first-order valence-electron chi connectivity index (χ1n) is 13.8. The van der Waals surface area contributed by atoms with Gasteiger partial charge in [0.25, 0.3) is 5.56 Å². The summed E-state index contributed by atoms with van der Waals surface area (Å²) in [6.45, 7) is 10.1. The zero-order valence-electron chi connectivity index (χ0n) is 24.4. The lowest BCUT2D eigenvalue weighted by Gasteiger charge is -2.36. The quantitative estimate of drug-likeness (QED) is 0.123. The Bertz CT molecular complexity index is 1990. The van der Waals surface area contributed by atoms with Crippen LogP contribution in [0.4, 0.5) is 24.5 Å². The van der Waals surface area contributed by atoms with Gasteiger partial charge >= 0.3 is 0 Å². The zero-order valence-corrected chi connectivity index (χ0v) is 25.9. The van der Waals surface area contributed by atoms with Crippen molar-refractivity contribution in [3.05, 3.63) is 85.7 Å². The van der Waals surface area contributed by atoms with Crippen LogP contribution in [0.2, 0.25) is 10.0 Å². The highest BCUT2D eigenvalue weighted by molar-refractivity contribution is 6.34. The molecule has 0 bridgehead atoms. The molecule has 9 nitrogen and oxygen atoms in total. The van der Waals surface area contributed by atoms with E-state index in [1.165, 1.54) is 16.7 Å². The molecule has 45 heavy (non-hydrogen) atoms. The van der Waals surface area contributed by atoms with Gasteiger partial charge in [-0.25, -0.2) is 18.2 Å². The largest absolute Gasteiger partial charge is 0.396 e. The summed E-state index contributed by atoms with van der Waals surface area (Å²) in [5.74, 6) is -5.11. The molecule has 4 heterocycles. The van der Waals surface area contributed by atoms with Crippen LogP contribution >= 0.6 is 23.2 Å². The summed E-state index contributed by atoms with van der Waals surface area (Å²) >= 11 is 12.4. The summed E-state index contributed by atoms with van der Waals surface area (Å²) in [6.07, 6.45) is 2.79. The van der Waals surface area contributed by atoms with Gasteiger partial charge in [0.05, 0.1) is 39.0 Å². The highest BCUT2D eigenvalue weighted by Gasteiger charge is 2.31. The van der Waals surface area contributed by atoms with Crippen molar-refractivity contribution < 1.29 is 18.0 Å². The Morgan fingerprint density at radius 1 is 1.13 bits per heavy atom. The van der Waals surface area contributed by atoms with E-state index in [0.29, 0.717) is 16.9 Å². The maximum atomic E-state index is 15.4. The van der Waals surface area contributed by atoms with Crippen LogP contribution in [-0.2, 0) is 4.79 Å². The van der Waals surface area contributed by atoms with Crippen molar-refractivity contribution in [2.45, 2.75) is 26.7 Å². The number of nitrogen functional groups attached to an aromatic ring is 1. The second kappa shape index (κ2) is 12.1. The predicted molar refractivity (Wildman–Crippen MR) is 167 cm³/mol. The number of nitrogens with two attached hydrogens (primary N) is 1. The molecule has 4 aromatic rings. The van der Waals surface area contributed by atoms with Crippen molar-refractivity contribution in [2.75, 3.05) is 36.8 Å². The minimum absolute atomic E-state index is 0.0735. The number of amides is 1. The van der Waals surface area contributed by atoms with Crippen molar-refractivity contribution in [1.82, 2.24) is 19.4 Å². The summed E-state index contributed by atoms with van der Waals surface area (Å²) in [7, 11) is 0.